The molecule has 1 N–H and O–H groups in total. The van der Waals surface area contributed by atoms with Gasteiger partial charge in [0.2, 0.25) is 0 Å². The van der Waals surface area contributed by atoms with Crippen LogP contribution in [0.4, 0.5) is 13.2 Å². The molecule has 0 saturated heterocycles. The minimum atomic E-state index is -4.69. The zero-order valence-corrected chi connectivity index (χ0v) is 11.4. The highest BCUT2D eigenvalue weighted by Gasteiger charge is 2.37. The van der Waals surface area contributed by atoms with Crippen molar-refractivity contribution < 1.29 is 37.1 Å². The third kappa shape index (κ3) is 2.83. The number of alkyl halides is 3. The van der Waals surface area contributed by atoms with Crippen LogP contribution in [-0.4, -0.2) is 30.5 Å². The quantitative estimate of drug-likeness (QED) is 0.933. The highest BCUT2D eigenvalue weighted by atomic mass is 19.4. The van der Waals surface area contributed by atoms with Crippen LogP contribution < -0.4 is 9.47 Å². The summed E-state index contributed by atoms with van der Waals surface area (Å²) in [5.41, 5.74) is -1.53. The summed E-state index contributed by atoms with van der Waals surface area (Å²) in [5, 5.41) is 12.0. The molecule has 6 nitrogen and oxygen atoms in total. The van der Waals surface area contributed by atoms with Crippen molar-refractivity contribution in [1.29, 1.82) is 0 Å². The van der Waals surface area contributed by atoms with E-state index in [9.17, 15) is 18.0 Å². The number of carbonyl (C=O) groups is 1. The number of carboxylic acids is 1. The largest absolute Gasteiger partial charge is 0.493 e. The average Bonchev–Trinajstić information content (AvgIpc) is 2.94. The molecule has 2 rings (SSSR count). The molecule has 0 saturated carbocycles. The lowest BCUT2D eigenvalue weighted by Crippen LogP contribution is -2.09. The Balaban J connectivity index is 2.64. The second-order valence-electron chi connectivity index (χ2n) is 4.14. The lowest BCUT2D eigenvalue weighted by molar-refractivity contribution is -0.138. The van der Waals surface area contributed by atoms with Gasteiger partial charge in [-0.1, -0.05) is 5.16 Å². The van der Waals surface area contributed by atoms with E-state index in [1.165, 1.54) is 13.2 Å². The van der Waals surface area contributed by atoms with E-state index in [-0.39, 0.29) is 17.1 Å². The second-order valence-corrected chi connectivity index (χ2v) is 4.14. The Morgan fingerprint density at radius 2 is 1.91 bits per heavy atom. The van der Waals surface area contributed by atoms with E-state index in [1.807, 2.05) is 0 Å². The van der Waals surface area contributed by atoms with Crippen LogP contribution in [0, 0.1) is 0 Å². The SMILES string of the molecule is COc1cc(-c2cc(C(=O)O)no2)cc(C(F)(F)F)c1OC. The van der Waals surface area contributed by atoms with Crippen LogP contribution in [0.3, 0.4) is 0 Å². The van der Waals surface area contributed by atoms with Crippen LogP contribution in [-0.2, 0) is 6.18 Å². The number of nitrogens with zero attached hydrogens (tertiary/aromatic N) is 1. The van der Waals surface area contributed by atoms with Crippen molar-refractivity contribution in [3.63, 3.8) is 0 Å². The molecule has 0 unspecified atom stereocenters. The summed E-state index contributed by atoms with van der Waals surface area (Å²) >= 11 is 0. The molecule has 0 aliphatic heterocycles. The highest BCUT2D eigenvalue weighted by molar-refractivity contribution is 5.86. The number of benzene rings is 1. The van der Waals surface area contributed by atoms with E-state index in [2.05, 4.69) is 5.16 Å². The summed E-state index contributed by atoms with van der Waals surface area (Å²) in [4.78, 5) is 10.7. The van der Waals surface area contributed by atoms with E-state index >= 15 is 0 Å². The van der Waals surface area contributed by atoms with E-state index in [1.54, 1.807) is 0 Å². The maximum Gasteiger partial charge on any atom is 0.420 e. The van der Waals surface area contributed by atoms with Crippen LogP contribution in [0.2, 0.25) is 0 Å². The van der Waals surface area contributed by atoms with Gasteiger partial charge in [-0.15, -0.1) is 0 Å². The Kier molecular flexibility index (Phi) is 3.98. The van der Waals surface area contributed by atoms with Crippen molar-refractivity contribution in [2.75, 3.05) is 14.2 Å². The van der Waals surface area contributed by atoms with Gasteiger partial charge < -0.3 is 19.1 Å². The number of aromatic nitrogens is 1. The number of rotatable bonds is 4. The standard InChI is InChI=1S/C13H10F3NO5/c1-20-10-4-6(9-5-8(12(18)19)17-22-9)3-7(11(10)21-2)13(14,15)16/h3-5H,1-2H3,(H,18,19). The Labute approximate surface area is 122 Å². The second kappa shape index (κ2) is 5.58. The molecule has 118 valence electrons. The van der Waals surface area contributed by atoms with Crippen molar-refractivity contribution in [3.05, 3.63) is 29.5 Å². The highest BCUT2D eigenvalue weighted by Crippen LogP contribution is 2.44. The van der Waals surface area contributed by atoms with Crippen LogP contribution in [0.15, 0.2) is 22.7 Å². The zero-order valence-electron chi connectivity index (χ0n) is 11.4. The van der Waals surface area contributed by atoms with Gasteiger partial charge in [-0.2, -0.15) is 13.2 Å². The Morgan fingerprint density at radius 1 is 1.23 bits per heavy atom. The van der Waals surface area contributed by atoms with Crippen molar-refractivity contribution in [2.45, 2.75) is 6.18 Å². The molecule has 2 aromatic rings. The fourth-order valence-electron chi connectivity index (χ4n) is 1.83. The van der Waals surface area contributed by atoms with Gasteiger partial charge in [-0.3, -0.25) is 0 Å². The molecular formula is C13H10F3NO5. The fourth-order valence-corrected chi connectivity index (χ4v) is 1.83. The summed E-state index contributed by atoms with van der Waals surface area (Å²) in [6, 6.07) is 3.03. The van der Waals surface area contributed by atoms with Crippen molar-refractivity contribution >= 4 is 5.97 Å². The zero-order chi connectivity index (χ0) is 16.5. The maximum atomic E-state index is 13.1. The summed E-state index contributed by atoms with van der Waals surface area (Å²) in [6.07, 6.45) is -4.69. The van der Waals surface area contributed by atoms with Crippen LogP contribution in [0.5, 0.6) is 11.5 Å². The smallest absolute Gasteiger partial charge is 0.420 e. The van der Waals surface area contributed by atoms with Gasteiger partial charge in [0, 0.05) is 11.6 Å². The molecule has 1 aromatic heterocycles. The van der Waals surface area contributed by atoms with Gasteiger partial charge in [0.1, 0.15) is 5.56 Å². The van der Waals surface area contributed by atoms with Crippen LogP contribution in [0.25, 0.3) is 11.3 Å². The predicted octanol–water partition coefficient (Wildman–Crippen LogP) is 3.08. The first-order chi connectivity index (χ1) is 10.3. The molecule has 0 fully saturated rings. The Bertz CT molecular complexity index is 708. The number of methoxy groups -OCH3 is 2. The Morgan fingerprint density at radius 3 is 2.36 bits per heavy atom. The molecule has 9 heteroatoms. The number of hydrogen-bond donors (Lipinski definition) is 1. The van der Waals surface area contributed by atoms with E-state index in [0.717, 1.165) is 19.2 Å². The number of carboxylic acid groups (broad SMARTS) is 1. The van der Waals surface area contributed by atoms with E-state index < -0.39 is 29.2 Å². The van der Waals surface area contributed by atoms with E-state index in [0.29, 0.717) is 0 Å². The van der Waals surface area contributed by atoms with Gasteiger partial charge >= 0.3 is 12.1 Å². The molecule has 1 aromatic carbocycles. The number of aromatic carboxylic acids is 1. The first kappa shape index (κ1) is 15.7. The maximum absolute atomic E-state index is 13.1. The van der Waals surface area contributed by atoms with Gasteiger partial charge in [0.15, 0.2) is 23.0 Å². The molecular weight excluding hydrogens is 307 g/mol. The minimum Gasteiger partial charge on any atom is -0.493 e. The summed E-state index contributed by atoms with van der Waals surface area (Å²) < 4.78 is 53.7. The van der Waals surface area contributed by atoms with Crippen molar-refractivity contribution in [3.8, 4) is 22.8 Å². The van der Waals surface area contributed by atoms with Gasteiger partial charge in [0.25, 0.3) is 0 Å². The molecule has 0 atom stereocenters. The monoisotopic (exact) mass is 317 g/mol. The summed E-state index contributed by atoms with van der Waals surface area (Å²) in [6.45, 7) is 0. The van der Waals surface area contributed by atoms with Crippen LogP contribution >= 0.6 is 0 Å². The minimum absolute atomic E-state index is 0.0371. The van der Waals surface area contributed by atoms with Crippen molar-refractivity contribution in [1.82, 2.24) is 5.16 Å². The number of hydrogen-bond acceptors (Lipinski definition) is 5. The first-order valence-corrected chi connectivity index (χ1v) is 5.81. The van der Waals surface area contributed by atoms with Crippen LogP contribution in [0.1, 0.15) is 16.1 Å². The fraction of sp³-hybridized carbons (Fsp3) is 0.231. The van der Waals surface area contributed by atoms with Gasteiger partial charge in [0.05, 0.1) is 14.2 Å². The molecule has 0 radical (unpaired) electrons. The third-order valence-corrected chi connectivity index (χ3v) is 2.80. The van der Waals surface area contributed by atoms with Crippen molar-refractivity contribution in [2.24, 2.45) is 0 Å². The summed E-state index contributed by atoms with van der Waals surface area (Å²) in [5.74, 6) is -2.13. The Hall–Kier alpha value is -2.71. The average molecular weight is 317 g/mol. The van der Waals surface area contributed by atoms with Gasteiger partial charge in [-0.25, -0.2) is 4.79 Å². The summed E-state index contributed by atoms with van der Waals surface area (Å²) in [7, 11) is 2.27. The number of halogens is 3. The number of ether oxygens (including phenoxy) is 2. The lowest BCUT2D eigenvalue weighted by Gasteiger charge is -2.16. The molecule has 0 bridgehead atoms. The first-order valence-electron chi connectivity index (χ1n) is 5.81. The molecule has 0 aliphatic carbocycles. The third-order valence-electron chi connectivity index (χ3n) is 2.80. The predicted molar refractivity (Wildman–Crippen MR) is 67.0 cm³/mol. The van der Waals surface area contributed by atoms with Gasteiger partial charge in [-0.05, 0) is 12.1 Å². The normalized spacial score (nSPS) is 11.3. The topological polar surface area (TPSA) is 81.8 Å². The molecule has 0 aliphatic rings. The molecule has 0 amide bonds. The lowest BCUT2D eigenvalue weighted by atomic mass is 10.1. The molecule has 0 spiro atoms. The molecule has 22 heavy (non-hydrogen) atoms. The van der Waals surface area contributed by atoms with E-state index in [4.69, 9.17) is 19.1 Å². The molecule has 1 heterocycles.